The Morgan fingerprint density at radius 2 is 1.88 bits per heavy atom. The maximum absolute atomic E-state index is 11.4. The van der Waals surface area contributed by atoms with Crippen LogP contribution in [0.4, 0.5) is 5.69 Å². The minimum absolute atomic E-state index is 0.0684. The van der Waals surface area contributed by atoms with Gasteiger partial charge < -0.3 is 15.6 Å². The van der Waals surface area contributed by atoms with Crippen molar-refractivity contribution in [2.24, 2.45) is 0 Å². The van der Waals surface area contributed by atoms with E-state index in [2.05, 4.69) is 17.4 Å². The topological polar surface area (TPSA) is 81.6 Å². The molecule has 0 heterocycles. The van der Waals surface area contributed by atoms with Gasteiger partial charge in [-0.05, 0) is 35.8 Å². The van der Waals surface area contributed by atoms with Crippen molar-refractivity contribution in [3.05, 3.63) is 77.3 Å². The van der Waals surface area contributed by atoms with Crippen LogP contribution in [0.3, 0.4) is 0 Å². The van der Waals surface area contributed by atoms with Gasteiger partial charge in [0, 0.05) is 5.02 Å². The summed E-state index contributed by atoms with van der Waals surface area (Å²) in [5.74, 6) is -1.05. The number of anilines is 1. The number of aliphatic carboxylic acids is 1. The summed E-state index contributed by atoms with van der Waals surface area (Å²) in [4.78, 5) is 11.4. The molecule has 2 aromatic rings. The van der Waals surface area contributed by atoms with E-state index in [0.29, 0.717) is 21.8 Å². The molecular weight excluding hydrogens is 328 g/mol. The second kappa shape index (κ2) is 8.49. The van der Waals surface area contributed by atoms with Gasteiger partial charge >= 0.3 is 5.97 Å². The molecule has 2 rings (SSSR count). The number of carbonyl (C=O) groups is 1. The molecule has 2 atom stereocenters. The van der Waals surface area contributed by atoms with E-state index in [1.54, 1.807) is 48.5 Å². The van der Waals surface area contributed by atoms with Crippen LogP contribution in [-0.2, 0) is 4.79 Å². The highest BCUT2D eigenvalue weighted by molar-refractivity contribution is 6.30. The Balaban J connectivity index is 1.98. The third-order valence-corrected chi connectivity index (χ3v) is 3.72. The van der Waals surface area contributed by atoms with Crippen LogP contribution < -0.4 is 10.9 Å². The molecule has 0 spiro atoms. The summed E-state index contributed by atoms with van der Waals surface area (Å²) in [6.07, 6.45) is -0.847. The average molecular weight is 347 g/mol. The number of nitrogens with one attached hydrogen (secondary N) is 2. The number of halogens is 1. The zero-order valence-corrected chi connectivity index (χ0v) is 13.7. The molecular formula is C18H19ClN2O3. The lowest BCUT2D eigenvalue weighted by Crippen LogP contribution is -2.40. The van der Waals surface area contributed by atoms with Gasteiger partial charge in [0.15, 0.2) is 0 Å². The summed E-state index contributed by atoms with van der Waals surface area (Å²) < 4.78 is 0. The summed E-state index contributed by atoms with van der Waals surface area (Å²) in [6.45, 7) is 3.82. The molecule has 126 valence electrons. The van der Waals surface area contributed by atoms with Crippen molar-refractivity contribution >= 4 is 23.3 Å². The molecule has 0 radical (unpaired) electrons. The number of carboxylic acids is 1. The lowest BCUT2D eigenvalue weighted by Gasteiger charge is -2.20. The molecule has 0 saturated heterocycles. The first-order chi connectivity index (χ1) is 11.5. The highest BCUT2D eigenvalue weighted by Gasteiger charge is 2.22. The Morgan fingerprint density at radius 1 is 1.17 bits per heavy atom. The molecule has 2 unspecified atom stereocenters. The molecule has 6 heteroatoms. The second-order valence-electron chi connectivity index (χ2n) is 5.35. The van der Waals surface area contributed by atoms with Crippen LogP contribution in [0.25, 0.3) is 0 Å². The second-order valence-corrected chi connectivity index (χ2v) is 5.78. The van der Waals surface area contributed by atoms with E-state index in [1.165, 1.54) is 0 Å². The van der Waals surface area contributed by atoms with Gasteiger partial charge in [0.05, 0.1) is 11.8 Å². The predicted molar refractivity (Wildman–Crippen MR) is 94.8 cm³/mol. The molecule has 0 saturated carbocycles. The van der Waals surface area contributed by atoms with Gasteiger partial charge in [-0.3, -0.25) is 4.79 Å². The molecule has 5 nitrogen and oxygen atoms in total. The maximum atomic E-state index is 11.4. The summed E-state index contributed by atoms with van der Waals surface area (Å²) >= 11 is 5.89. The van der Waals surface area contributed by atoms with Gasteiger partial charge in [-0.1, -0.05) is 54.6 Å². The number of carboxylic acid groups (broad SMARTS) is 1. The van der Waals surface area contributed by atoms with Crippen LogP contribution >= 0.6 is 11.6 Å². The summed E-state index contributed by atoms with van der Waals surface area (Å²) in [5, 5.41) is 20.2. The first kappa shape index (κ1) is 18.0. The van der Waals surface area contributed by atoms with Crippen molar-refractivity contribution in [1.82, 2.24) is 5.43 Å². The maximum Gasteiger partial charge on any atom is 0.322 e. The third kappa shape index (κ3) is 5.09. The zero-order valence-electron chi connectivity index (χ0n) is 12.9. The highest BCUT2D eigenvalue weighted by Crippen LogP contribution is 2.23. The van der Waals surface area contributed by atoms with Crippen molar-refractivity contribution in [1.29, 1.82) is 0 Å². The first-order valence-electron chi connectivity index (χ1n) is 7.38. The van der Waals surface area contributed by atoms with Gasteiger partial charge in [0.25, 0.3) is 0 Å². The smallest absolute Gasteiger partial charge is 0.322 e. The Morgan fingerprint density at radius 3 is 2.50 bits per heavy atom. The van der Waals surface area contributed by atoms with E-state index in [-0.39, 0.29) is 6.42 Å². The fourth-order valence-corrected chi connectivity index (χ4v) is 2.37. The zero-order chi connectivity index (χ0) is 17.5. The molecule has 0 aliphatic rings. The number of hydrogen-bond donors (Lipinski definition) is 4. The molecule has 0 aromatic heterocycles. The van der Waals surface area contributed by atoms with Gasteiger partial charge in [-0.25, -0.2) is 5.43 Å². The largest absolute Gasteiger partial charge is 0.480 e. The fourth-order valence-electron chi connectivity index (χ4n) is 2.18. The molecule has 2 aromatic carbocycles. The van der Waals surface area contributed by atoms with Gasteiger partial charge in [0.2, 0.25) is 0 Å². The van der Waals surface area contributed by atoms with Gasteiger partial charge in [-0.2, -0.15) is 0 Å². The summed E-state index contributed by atoms with van der Waals surface area (Å²) in [7, 11) is 0. The monoisotopic (exact) mass is 346 g/mol. The van der Waals surface area contributed by atoms with Crippen LogP contribution in [0.5, 0.6) is 0 Å². The van der Waals surface area contributed by atoms with Crippen LogP contribution in [-0.4, -0.2) is 22.2 Å². The molecule has 0 aliphatic heterocycles. The van der Waals surface area contributed by atoms with Crippen molar-refractivity contribution in [3.8, 4) is 0 Å². The predicted octanol–water partition coefficient (Wildman–Crippen LogP) is 3.39. The van der Waals surface area contributed by atoms with Gasteiger partial charge in [-0.15, -0.1) is 0 Å². The third-order valence-electron chi connectivity index (χ3n) is 3.48. The van der Waals surface area contributed by atoms with Crippen LogP contribution in [0, 0.1) is 0 Å². The quantitative estimate of drug-likeness (QED) is 0.435. The SMILES string of the molecule is C=C(CC(NNc1cccc(Cl)c1)C(=O)O)C(O)c1ccccc1. The Kier molecular flexibility index (Phi) is 6.37. The highest BCUT2D eigenvalue weighted by atomic mass is 35.5. The van der Waals surface area contributed by atoms with E-state index < -0.39 is 18.1 Å². The number of aliphatic hydroxyl groups excluding tert-OH is 1. The Hall–Kier alpha value is -2.34. The fraction of sp³-hybridized carbons (Fsp3) is 0.167. The van der Waals surface area contributed by atoms with Crippen LogP contribution in [0.15, 0.2) is 66.7 Å². The summed E-state index contributed by atoms with van der Waals surface area (Å²) in [6, 6.07) is 14.9. The molecule has 0 aliphatic carbocycles. The van der Waals surface area contributed by atoms with E-state index in [1.807, 2.05) is 6.07 Å². The number of hydrazine groups is 1. The lowest BCUT2D eigenvalue weighted by molar-refractivity contribution is -0.139. The molecule has 0 amide bonds. The standard InChI is InChI=1S/C18H19ClN2O3/c1-12(17(22)13-6-3-2-4-7-13)10-16(18(23)24)21-20-15-9-5-8-14(19)11-15/h2-9,11,16-17,20-22H,1,10H2,(H,23,24). The lowest BCUT2D eigenvalue weighted by atomic mass is 9.97. The van der Waals surface area contributed by atoms with Crippen LogP contribution in [0.2, 0.25) is 5.02 Å². The van der Waals surface area contributed by atoms with E-state index >= 15 is 0 Å². The minimum Gasteiger partial charge on any atom is -0.480 e. The van der Waals surface area contributed by atoms with Crippen molar-refractivity contribution in [2.45, 2.75) is 18.6 Å². The molecule has 0 bridgehead atoms. The van der Waals surface area contributed by atoms with E-state index in [9.17, 15) is 15.0 Å². The summed E-state index contributed by atoms with van der Waals surface area (Å²) in [5.41, 5.74) is 7.26. The first-order valence-corrected chi connectivity index (χ1v) is 7.75. The number of rotatable bonds is 8. The average Bonchev–Trinajstić information content (AvgIpc) is 2.58. The minimum atomic E-state index is -1.05. The van der Waals surface area contributed by atoms with E-state index in [0.717, 1.165) is 0 Å². The van der Waals surface area contributed by atoms with Crippen molar-refractivity contribution in [2.75, 3.05) is 5.43 Å². The van der Waals surface area contributed by atoms with E-state index in [4.69, 9.17) is 11.6 Å². The van der Waals surface area contributed by atoms with Crippen molar-refractivity contribution in [3.63, 3.8) is 0 Å². The number of hydrogen-bond acceptors (Lipinski definition) is 4. The number of aliphatic hydroxyl groups is 1. The Labute approximate surface area is 145 Å². The molecule has 24 heavy (non-hydrogen) atoms. The number of benzene rings is 2. The molecule has 0 fully saturated rings. The Bertz CT molecular complexity index is 706. The molecule has 4 N–H and O–H groups in total. The normalized spacial score (nSPS) is 13.1. The van der Waals surface area contributed by atoms with Crippen LogP contribution in [0.1, 0.15) is 18.1 Å². The van der Waals surface area contributed by atoms with Gasteiger partial charge in [0.1, 0.15) is 6.04 Å². The van der Waals surface area contributed by atoms with Crippen molar-refractivity contribution < 1.29 is 15.0 Å².